The first kappa shape index (κ1) is 12.1. The molecule has 0 saturated carbocycles. The molecule has 2 heterocycles. The molecule has 0 bridgehead atoms. The standard InChI is InChI=1S/C14H18N2OS/c17-14(16-12-5-6-18-9-12)13-7-10-3-1-2-4-11(10)8-15-13/h1-4,12-13,15H,5-9H2,(H,16,17)/t12?,13-/m0/s1. The number of carbonyl (C=O) groups excluding carboxylic acids is 1. The Labute approximate surface area is 112 Å². The molecule has 2 aliphatic rings. The summed E-state index contributed by atoms with van der Waals surface area (Å²) in [5.74, 6) is 2.40. The summed E-state index contributed by atoms with van der Waals surface area (Å²) in [6.07, 6.45) is 1.92. The Hall–Kier alpha value is -1.00. The Morgan fingerprint density at radius 1 is 1.33 bits per heavy atom. The van der Waals surface area contributed by atoms with Crippen molar-refractivity contribution in [3.8, 4) is 0 Å². The number of hydrogen-bond donors (Lipinski definition) is 2. The minimum atomic E-state index is -0.0644. The lowest BCUT2D eigenvalue weighted by molar-refractivity contribution is -0.123. The van der Waals surface area contributed by atoms with E-state index in [1.165, 1.54) is 16.9 Å². The van der Waals surface area contributed by atoms with E-state index in [2.05, 4.69) is 28.8 Å². The van der Waals surface area contributed by atoms with Crippen LogP contribution in [0.25, 0.3) is 0 Å². The van der Waals surface area contributed by atoms with E-state index in [4.69, 9.17) is 0 Å². The largest absolute Gasteiger partial charge is 0.351 e. The summed E-state index contributed by atoms with van der Waals surface area (Å²) >= 11 is 1.92. The van der Waals surface area contributed by atoms with Crippen LogP contribution in [-0.4, -0.2) is 29.5 Å². The molecule has 2 atom stereocenters. The van der Waals surface area contributed by atoms with Crippen molar-refractivity contribution < 1.29 is 4.79 Å². The molecule has 1 fully saturated rings. The topological polar surface area (TPSA) is 41.1 Å². The number of thioether (sulfide) groups is 1. The van der Waals surface area contributed by atoms with Gasteiger partial charge >= 0.3 is 0 Å². The van der Waals surface area contributed by atoms with Crippen molar-refractivity contribution in [2.45, 2.75) is 31.5 Å². The maximum atomic E-state index is 12.2. The maximum Gasteiger partial charge on any atom is 0.237 e. The first-order valence-electron chi connectivity index (χ1n) is 6.51. The van der Waals surface area contributed by atoms with Gasteiger partial charge in [0, 0.05) is 18.3 Å². The molecule has 3 nitrogen and oxygen atoms in total. The zero-order valence-electron chi connectivity index (χ0n) is 10.3. The number of benzene rings is 1. The van der Waals surface area contributed by atoms with Gasteiger partial charge in [0.2, 0.25) is 5.91 Å². The first-order chi connectivity index (χ1) is 8.83. The van der Waals surface area contributed by atoms with E-state index in [0.29, 0.717) is 6.04 Å². The van der Waals surface area contributed by atoms with E-state index in [0.717, 1.165) is 25.1 Å². The van der Waals surface area contributed by atoms with Gasteiger partial charge in [-0.15, -0.1) is 0 Å². The molecule has 0 spiro atoms. The van der Waals surface area contributed by atoms with E-state index in [1.54, 1.807) is 0 Å². The van der Waals surface area contributed by atoms with E-state index < -0.39 is 0 Å². The third-order valence-corrected chi connectivity index (χ3v) is 4.84. The molecule has 1 amide bonds. The lowest BCUT2D eigenvalue weighted by Crippen LogP contribution is -2.50. The van der Waals surface area contributed by atoms with Crippen LogP contribution >= 0.6 is 11.8 Å². The van der Waals surface area contributed by atoms with E-state index >= 15 is 0 Å². The van der Waals surface area contributed by atoms with Crippen molar-refractivity contribution in [2.24, 2.45) is 0 Å². The van der Waals surface area contributed by atoms with Crippen LogP contribution in [0.4, 0.5) is 0 Å². The van der Waals surface area contributed by atoms with Gasteiger partial charge in [0.15, 0.2) is 0 Å². The molecule has 0 aromatic heterocycles. The average molecular weight is 262 g/mol. The van der Waals surface area contributed by atoms with Crippen LogP contribution in [0.1, 0.15) is 17.5 Å². The van der Waals surface area contributed by atoms with Gasteiger partial charge in [-0.1, -0.05) is 24.3 Å². The highest BCUT2D eigenvalue weighted by Gasteiger charge is 2.26. The van der Waals surface area contributed by atoms with Crippen molar-refractivity contribution in [1.82, 2.24) is 10.6 Å². The van der Waals surface area contributed by atoms with Crippen LogP contribution in [0, 0.1) is 0 Å². The molecule has 2 aliphatic heterocycles. The monoisotopic (exact) mass is 262 g/mol. The van der Waals surface area contributed by atoms with Crippen LogP contribution < -0.4 is 10.6 Å². The van der Waals surface area contributed by atoms with E-state index in [9.17, 15) is 4.79 Å². The summed E-state index contributed by atoms with van der Waals surface area (Å²) in [6, 6.07) is 8.67. The molecule has 18 heavy (non-hydrogen) atoms. The van der Waals surface area contributed by atoms with Crippen molar-refractivity contribution >= 4 is 17.7 Å². The molecule has 0 aliphatic carbocycles. The molecule has 1 aromatic carbocycles. The molecular formula is C14H18N2OS. The van der Waals surface area contributed by atoms with Gasteiger partial charge in [-0.05, 0) is 29.7 Å². The quantitative estimate of drug-likeness (QED) is 0.844. The van der Waals surface area contributed by atoms with E-state index in [1.807, 2.05) is 17.8 Å². The molecule has 1 unspecified atom stereocenters. The summed E-state index contributed by atoms with van der Waals surface area (Å²) in [6.45, 7) is 0.799. The molecule has 3 rings (SSSR count). The van der Waals surface area contributed by atoms with Crippen LogP contribution in [-0.2, 0) is 17.8 Å². The van der Waals surface area contributed by atoms with Gasteiger partial charge in [0.1, 0.15) is 0 Å². The minimum Gasteiger partial charge on any atom is -0.351 e. The fourth-order valence-corrected chi connectivity index (χ4v) is 3.74. The number of nitrogens with one attached hydrogen (secondary N) is 2. The molecule has 1 saturated heterocycles. The summed E-state index contributed by atoms with van der Waals surface area (Å²) in [5.41, 5.74) is 2.62. The predicted molar refractivity (Wildman–Crippen MR) is 74.6 cm³/mol. The van der Waals surface area contributed by atoms with Gasteiger partial charge in [-0.2, -0.15) is 11.8 Å². The predicted octanol–water partition coefficient (Wildman–Crippen LogP) is 1.32. The van der Waals surface area contributed by atoms with Gasteiger partial charge in [-0.3, -0.25) is 4.79 Å². The zero-order chi connectivity index (χ0) is 12.4. The summed E-state index contributed by atoms with van der Waals surface area (Å²) in [4.78, 5) is 12.2. The summed E-state index contributed by atoms with van der Waals surface area (Å²) < 4.78 is 0. The lowest BCUT2D eigenvalue weighted by Gasteiger charge is -2.26. The van der Waals surface area contributed by atoms with Gasteiger partial charge in [0.05, 0.1) is 6.04 Å². The summed E-state index contributed by atoms with van der Waals surface area (Å²) in [5, 5.41) is 6.49. The lowest BCUT2D eigenvalue weighted by atomic mass is 9.95. The Balaban J connectivity index is 1.62. The van der Waals surface area contributed by atoms with Crippen LogP contribution in [0.3, 0.4) is 0 Å². The van der Waals surface area contributed by atoms with Crippen LogP contribution in [0.5, 0.6) is 0 Å². The molecule has 2 N–H and O–H groups in total. The molecule has 0 radical (unpaired) electrons. The Kier molecular flexibility index (Phi) is 3.57. The van der Waals surface area contributed by atoms with Gasteiger partial charge < -0.3 is 10.6 Å². The van der Waals surface area contributed by atoms with Gasteiger partial charge in [-0.25, -0.2) is 0 Å². The van der Waals surface area contributed by atoms with Crippen LogP contribution in [0.2, 0.25) is 0 Å². The molecular weight excluding hydrogens is 244 g/mol. The Morgan fingerprint density at radius 2 is 2.17 bits per heavy atom. The van der Waals surface area contributed by atoms with Crippen LogP contribution in [0.15, 0.2) is 24.3 Å². The highest BCUT2D eigenvalue weighted by molar-refractivity contribution is 7.99. The zero-order valence-corrected chi connectivity index (χ0v) is 11.1. The third-order valence-electron chi connectivity index (χ3n) is 3.67. The highest BCUT2D eigenvalue weighted by Crippen LogP contribution is 2.19. The highest BCUT2D eigenvalue weighted by atomic mass is 32.2. The fraction of sp³-hybridized carbons (Fsp3) is 0.500. The molecule has 1 aromatic rings. The number of fused-ring (bicyclic) bond motifs is 1. The number of carbonyl (C=O) groups is 1. The van der Waals surface area contributed by atoms with Crippen molar-refractivity contribution in [3.63, 3.8) is 0 Å². The SMILES string of the molecule is O=C(NC1CCSC1)[C@@H]1Cc2ccccc2CN1. The summed E-state index contributed by atoms with van der Waals surface area (Å²) in [7, 11) is 0. The Bertz CT molecular complexity index is 443. The maximum absolute atomic E-state index is 12.2. The second-order valence-corrected chi connectivity index (χ2v) is 6.13. The number of hydrogen-bond acceptors (Lipinski definition) is 3. The normalized spacial score (nSPS) is 26.7. The van der Waals surface area contributed by atoms with Crippen molar-refractivity contribution in [2.75, 3.05) is 11.5 Å². The smallest absolute Gasteiger partial charge is 0.237 e. The Morgan fingerprint density at radius 3 is 2.94 bits per heavy atom. The molecule has 4 heteroatoms. The van der Waals surface area contributed by atoms with Crippen molar-refractivity contribution in [1.29, 1.82) is 0 Å². The molecule has 96 valence electrons. The average Bonchev–Trinajstić information content (AvgIpc) is 2.91. The second-order valence-electron chi connectivity index (χ2n) is 4.98. The fourth-order valence-electron chi connectivity index (χ4n) is 2.59. The first-order valence-corrected chi connectivity index (χ1v) is 7.66. The van der Waals surface area contributed by atoms with Crippen molar-refractivity contribution in [3.05, 3.63) is 35.4 Å². The van der Waals surface area contributed by atoms with Gasteiger partial charge in [0.25, 0.3) is 0 Å². The number of amides is 1. The minimum absolute atomic E-state index is 0.0644. The second kappa shape index (κ2) is 5.33. The van der Waals surface area contributed by atoms with E-state index in [-0.39, 0.29) is 11.9 Å². The third kappa shape index (κ3) is 2.54. The number of rotatable bonds is 2.